The van der Waals surface area contributed by atoms with Crippen LogP contribution in [0.25, 0.3) is 0 Å². The zero-order valence-corrected chi connectivity index (χ0v) is 11.3. The predicted molar refractivity (Wildman–Crippen MR) is 79.1 cm³/mol. The van der Waals surface area contributed by atoms with Gasteiger partial charge in [-0.05, 0) is 0 Å². The summed E-state index contributed by atoms with van der Waals surface area (Å²) in [6.45, 7) is 8.96. The summed E-state index contributed by atoms with van der Waals surface area (Å²) in [6.07, 6.45) is 2.95. The van der Waals surface area contributed by atoms with Crippen molar-refractivity contribution in [3.63, 3.8) is 0 Å². The summed E-state index contributed by atoms with van der Waals surface area (Å²) >= 11 is 3.67. The minimum atomic E-state index is 0.724. The van der Waals surface area contributed by atoms with E-state index in [1.807, 2.05) is 23.5 Å². The van der Waals surface area contributed by atoms with Gasteiger partial charge >= 0.3 is 95.0 Å². The molecule has 0 unspecified atom stereocenters. The van der Waals surface area contributed by atoms with Crippen LogP contribution in [0.1, 0.15) is 0 Å². The first kappa shape index (κ1) is 15.7. The molecule has 0 saturated heterocycles. The average Bonchev–Trinajstić information content (AvgIpc) is 2.28. The molecule has 0 amide bonds. The van der Waals surface area contributed by atoms with Crippen LogP contribution in [0, 0.1) is 0 Å². The Balaban J connectivity index is 3.18. The second kappa shape index (κ2) is 12.8. The molecule has 5 heteroatoms. The molecule has 0 fully saturated rings. The van der Waals surface area contributed by atoms with Crippen LogP contribution in [-0.2, 0) is 9.47 Å². The fourth-order valence-electron chi connectivity index (χ4n) is 0.855. The van der Waals surface area contributed by atoms with Crippen molar-refractivity contribution in [3.8, 4) is 0 Å². The van der Waals surface area contributed by atoms with Gasteiger partial charge in [-0.1, -0.05) is 6.58 Å². The Hall–Kier alpha value is -0.285. The molecule has 0 aliphatic carbocycles. The van der Waals surface area contributed by atoms with Crippen molar-refractivity contribution < 1.29 is 9.47 Å². The molecule has 0 spiro atoms. The van der Waals surface area contributed by atoms with E-state index in [1.165, 1.54) is 18.0 Å². The molecule has 0 saturated carbocycles. The molecule has 0 bridgehead atoms. The van der Waals surface area contributed by atoms with Crippen molar-refractivity contribution in [3.05, 3.63) is 25.0 Å². The maximum absolute atomic E-state index is 5.02. The van der Waals surface area contributed by atoms with Crippen LogP contribution in [0.3, 0.4) is 0 Å². The van der Waals surface area contributed by atoms with Gasteiger partial charge in [-0.15, -0.1) is 0 Å². The normalized spacial score (nSPS) is 9.44. The van der Waals surface area contributed by atoms with Gasteiger partial charge < -0.3 is 0 Å². The molecule has 0 aliphatic heterocycles. The number of hydrogen-bond donors (Lipinski definition) is 0. The van der Waals surface area contributed by atoms with Gasteiger partial charge in [0.2, 0.25) is 0 Å². The third kappa shape index (κ3) is 11.8. The molecule has 0 aromatic carbocycles. The molecule has 0 aromatic heterocycles. The minimum Gasteiger partial charge on any atom is -0.0642 e. The topological polar surface area (TPSA) is 18.5 Å². The molecule has 90 valence electrons. The summed E-state index contributed by atoms with van der Waals surface area (Å²) in [5.41, 5.74) is 1.26. The van der Waals surface area contributed by atoms with Crippen LogP contribution in [0.2, 0.25) is 0 Å². The van der Waals surface area contributed by atoms with Gasteiger partial charge in [-0.2, -0.15) is 0 Å². The van der Waals surface area contributed by atoms with E-state index in [2.05, 4.69) is 20.6 Å². The molecule has 0 aromatic rings. The summed E-state index contributed by atoms with van der Waals surface area (Å²) in [7, 11) is 3.49. The summed E-state index contributed by atoms with van der Waals surface area (Å²) < 4.78 is 10.0. The van der Waals surface area contributed by atoms with Gasteiger partial charge in [-0.25, -0.2) is 0 Å². The second-order valence-electron chi connectivity index (χ2n) is 2.93. The van der Waals surface area contributed by atoms with E-state index >= 15 is 0 Å². The van der Waals surface area contributed by atoms with Gasteiger partial charge in [0.05, 0.1) is 6.26 Å². The molecule has 0 heterocycles. The van der Waals surface area contributed by atoms with E-state index < -0.39 is 0 Å². The monoisotopic (exact) mass is 258 g/mol. The van der Waals surface area contributed by atoms with E-state index in [-0.39, 0.29) is 0 Å². The number of hydrogen-bond acceptors (Lipinski definition) is 4. The van der Waals surface area contributed by atoms with E-state index in [0.717, 1.165) is 36.2 Å². The summed E-state index contributed by atoms with van der Waals surface area (Å²) in [5.74, 6) is 3.95. The Morgan fingerprint density at radius 1 is 1.12 bits per heavy atom. The Bertz CT molecular complexity index is 190. The first-order valence-corrected chi connectivity index (χ1v) is 7.39. The second-order valence-corrected chi connectivity index (χ2v) is 5.14. The van der Waals surface area contributed by atoms with Gasteiger partial charge in [0.15, 0.2) is 0 Å². The van der Waals surface area contributed by atoms with E-state index in [1.54, 1.807) is 0 Å². The first-order valence-electron chi connectivity index (χ1n) is 5.08. The number of rotatable bonds is 12. The molecular weight excluding hydrogens is 239 g/mol. The fraction of sp³-hybridized carbons (Fsp3) is 0.545. The quantitative estimate of drug-likeness (QED) is 0.230. The Morgan fingerprint density at radius 2 is 1.69 bits per heavy atom. The van der Waals surface area contributed by atoms with Crippen molar-refractivity contribution in [1.29, 1.82) is 0 Å². The Labute approximate surface area is 108 Å². The van der Waals surface area contributed by atoms with Crippen molar-refractivity contribution in [1.82, 2.24) is 0 Å². The number of thioether (sulfide) groups is 2. The molecule has 0 N–H and O–H groups in total. The van der Waals surface area contributed by atoms with Gasteiger partial charge in [-0.3, -0.25) is 0 Å². The molecule has 0 rings (SSSR count). The van der Waals surface area contributed by atoms with Crippen molar-refractivity contribution in [2.75, 3.05) is 36.2 Å². The minimum absolute atomic E-state index is 0.724. The van der Waals surface area contributed by atoms with Crippen LogP contribution in [0.15, 0.2) is 25.0 Å². The molecule has 0 aliphatic rings. The van der Waals surface area contributed by atoms with Crippen LogP contribution in [0.4, 0.5) is 0 Å². The van der Waals surface area contributed by atoms with Gasteiger partial charge in [0.1, 0.15) is 0 Å². The van der Waals surface area contributed by atoms with Crippen molar-refractivity contribution in [2.45, 2.75) is 0 Å². The summed E-state index contributed by atoms with van der Waals surface area (Å²) in [4.78, 5) is 0. The van der Waals surface area contributed by atoms with Crippen molar-refractivity contribution in [2.24, 2.45) is 0 Å². The van der Waals surface area contributed by atoms with Crippen LogP contribution in [0.5, 0.6) is 0 Å². The average molecular weight is 258 g/mol. The van der Waals surface area contributed by atoms with Gasteiger partial charge in [0, 0.05) is 0 Å². The predicted octanol–water partition coefficient (Wildman–Crippen LogP) is 1.85. The molecule has 2 nitrogen and oxygen atoms in total. The third-order valence-electron chi connectivity index (χ3n) is 1.54. The smallest absolute Gasteiger partial charge is 0.0642 e. The first-order chi connectivity index (χ1) is 7.81. The van der Waals surface area contributed by atoms with E-state index in [9.17, 15) is 0 Å². The molecular formula is C11H19BO2S2. The zero-order valence-electron chi connectivity index (χ0n) is 9.65. The van der Waals surface area contributed by atoms with Crippen LogP contribution < -0.4 is 0 Å². The molecule has 16 heavy (non-hydrogen) atoms. The van der Waals surface area contributed by atoms with Crippen LogP contribution >= 0.6 is 23.5 Å². The summed E-state index contributed by atoms with van der Waals surface area (Å²) in [5, 5.41) is 0. The Kier molecular flexibility index (Phi) is 12.6. The standard InChI is InChI=1S/C11H19BO2S2/c1-3-13-4-6-15-8-11(2)9-16-7-5-14-10-12/h3,10,12H,1-2,4-9H2. The number of ether oxygens (including phenoxy) is 2. The fourth-order valence-corrected chi connectivity index (χ4v) is 2.48. The van der Waals surface area contributed by atoms with E-state index in [4.69, 9.17) is 9.47 Å². The van der Waals surface area contributed by atoms with Gasteiger partial charge in [0.25, 0.3) is 0 Å². The molecule has 0 atom stereocenters. The van der Waals surface area contributed by atoms with Crippen LogP contribution in [-0.4, -0.2) is 49.9 Å². The summed E-state index contributed by atoms with van der Waals surface area (Å²) in [6, 6.07) is 0. The zero-order chi connectivity index (χ0) is 12.1. The SMILES string of the molecule is B=COCCSCC(=C)CSCCOC=C. The third-order valence-corrected chi connectivity index (χ3v) is 3.67. The van der Waals surface area contributed by atoms with E-state index in [0.29, 0.717) is 0 Å². The van der Waals surface area contributed by atoms with Crippen molar-refractivity contribution >= 4 is 37.2 Å². The Morgan fingerprint density at radius 3 is 2.19 bits per heavy atom. The molecule has 0 radical (unpaired) electrons. The maximum atomic E-state index is 5.02.